The van der Waals surface area contributed by atoms with Crippen LogP contribution in [0.3, 0.4) is 0 Å². The highest BCUT2D eigenvalue weighted by Gasteiger charge is 2.36. The number of hydrogen-bond acceptors (Lipinski definition) is 10. The van der Waals surface area contributed by atoms with Gasteiger partial charge in [0.25, 0.3) is 0 Å². The van der Waals surface area contributed by atoms with E-state index in [2.05, 4.69) is 47.5 Å². The summed E-state index contributed by atoms with van der Waals surface area (Å²) in [6, 6.07) is 33.9. The first-order valence-corrected chi connectivity index (χ1v) is 27.2. The summed E-state index contributed by atoms with van der Waals surface area (Å²) in [6.07, 6.45) is 1.01. The zero-order valence-electron chi connectivity index (χ0n) is 44.8. The molecule has 2 heterocycles. The van der Waals surface area contributed by atoms with Crippen molar-refractivity contribution in [3.8, 4) is 0 Å². The van der Waals surface area contributed by atoms with Crippen LogP contribution >= 0.6 is 0 Å². The van der Waals surface area contributed by atoms with Gasteiger partial charge in [-0.15, -0.1) is 0 Å². The number of aromatic nitrogens is 1. The van der Waals surface area contributed by atoms with E-state index < -0.39 is 95.7 Å². The van der Waals surface area contributed by atoms with Gasteiger partial charge >= 0.3 is 0 Å². The average Bonchev–Trinajstić information content (AvgIpc) is 3.89. The summed E-state index contributed by atoms with van der Waals surface area (Å²) >= 11 is 0. The molecule has 19 heteroatoms. The molecule has 5 aromatic carbocycles. The second-order valence-electron chi connectivity index (χ2n) is 20.2. The van der Waals surface area contributed by atoms with E-state index in [9.17, 15) is 43.5 Å². The number of rotatable bonds is 15. The quantitative estimate of drug-likeness (QED) is 0.0668. The fourth-order valence-corrected chi connectivity index (χ4v) is 9.59. The predicted molar refractivity (Wildman–Crippen MR) is 303 cm³/mol. The summed E-state index contributed by atoms with van der Waals surface area (Å²) < 4.78 is 0. The maximum atomic E-state index is 14.9. The number of aromatic amines is 1. The summed E-state index contributed by atoms with van der Waals surface area (Å²) in [5.41, 5.74) is 10.1. The lowest BCUT2D eigenvalue weighted by atomic mass is 10.00. The highest BCUT2D eigenvalue weighted by atomic mass is 16.3. The lowest BCUT2D eigenvalue weighted by Gasteiger charge is -2.29. The molecule has 1 fully saturated rings. The molecule has 8 amide bonds. The Morgan fingerprint density at radius 1 is 0.463 bits per heavy atom. The second kappa shape index (κ2) is 29.9. The van der Waals surface area contributed by atoms with Gasteiger partial charge in [0, 0.05) is 62.2 Å². The lowest BCUT2D eigenvalue weighted by Crippen LogP contribution is -2.62. The van der Waals surface area contributed by atoms with Gasteiger partial charge in [0.1, 0.15) is 42.3 Å². The van der Waals surface area contributed by atoms with Gasteiger partial charge in [-0.2, -0.15) is 0 Å². The molecular weight excluding hydrogens is 1020 g/mol. The van der Waals surface area contributed by atoms with E-state index in [1.54, 1.807) is 97.2 Å². The third-order valence-corrected chi connectivity index (χ3v) is 13.9. The molecule has 0 radical (unpaired) electrons. The van der Waals surface area contributed by atoms with E-state index in [4.69, 9.17) is 5.73 Å². The van der Waals surface area contributed by atoms with E-state index in [0.29, 0.717) is 29.5 Å². The molecule has 0 unspecified atom stereocenters. The number of aliphatic hydroxyl groups excluding tert-OH is 1. The number of para-hydroxylation sites is 1. The van der Waals surface area contributed by atoms with Gasteiger partial charge < -0.3 is 58.4 Å². The minimum atomic E-state index is -1.66. The van der Waals surface area contributed by atoms with Crippen molar-refractivity contribution in [2.24, 2.45) is 5.73 Å². The Hall–Kier alpha value is -8.68. The average molecular weight is 1090 g/mol. The summed E-state index contributed by atoms with van der Waals surface area (Å²) in [7, 11) is 0. The molecule has 7 rings (SSSR count). The van der Waals surface area contributed by atoms with Crippen LogP contribution in [0.2, 0.25) is 0 Å². The molecule has 0 aliphatic carbocycles. The SMILES string of the molecule is C[C@@H](O)[C@@H]1NC(=O)[C@H](CCCCN)NC(=O)[C@@H](Cc2c[nH]c3ccccc23)NC(=O)[C@H](Cc2ccccc2)NC(=O)[C@H](Cc2ccccc2)NC(=O)CCCNC(=O)[C@@H](Cc2ccccc2)NC(=O)[C@H](Cc2ccccc2)NC1=O. The van der Waals surface area contributed by atoms with Crippen LogP contribution in [0, 0.1) is 0 Å². The van der Waals surface area contributed by atoms with Crippen molar-refractivity contribution in [3.05, 3.63) is 180 Å². The van der Waals surface area contributed by atoms with Gasteiger partial charge in [0.05, 0.1) is 6.10 Å². The van der Waals surface area contributed by atoms with Gasteiger partial charge in [-0.25, -0.2) is 0 Å². The number of H-pyrrole nitrogens is 1. The summed E-state index contributed by atoms with van der Waals surface area (Å²) in [6.45, 7) is 1.56. The number of hydrogen-bond donors (Lipinski definition) is 11. The molecule has 19 nitrogen and oxygen atoms in total. The van der Waals surface area contributed by atoms with E-state index in [1.165, 1.54) is 6.92 Å². The maximum Gasteiger partial charge on any atom is 0.245 e. The standard InChI is InChI=1S/C61H72N10O9/c1-39(72)54-61(80)70-51(36-43-25-12-5-13-26-43)59(78)67-48(33-40-19-6-2-7-20-40)55(74)63-32-18-30-53(73)65-49(34-41-21-8-3-9-22-41)57(76)68-50(35-42-23-10-4-11-24-42)58(77)69-52(37-44-38-64-46-28-15-14-27-45(44)46)60(79)66-47(56(75)71-54)29-16-17-31-62/h2-15,19-28,38-39,47-52,54,64,72H,16-18,29-37,62H2,1H3,(H,63,74)(H,65,73)(H,66,79)(H,67,78)(H,68,76)(H,69,77)(H,70,80)(H,71,75)/t39-,47+,48-,49+,50+,51+,52-,54+/m1/s1. The number of benzene rings is 5. The fourth-order valence-electron chi connectivity index (χ4n) is 9.59. The van der Waals surface area contributed by atoms with Crippen LogP contribution in [0.4, 0.5) is 0 Å². The van der Waals surface area contributed by atoms with Crippen molar-refractivity contribution in [2.75, 3.05) is 13.1 Å². The Balaban J connectivity index is 1.26. The Kier molecular flexibility index (Phi) is 22.0. The highest BCUT2D eigenvalue weighted by molar-refractivity contribution is 5.98. The highest BCUT2D eigenvalue weighted by Crippen LogP contribution is 2.20. The molecule has 0 saturated carbocycles. The molecule has 1 aliphatic heterocycles. The van der Waals surface area contributed by atoms with Crippen LogP contribution in [-0.4, -0.2) is 119 Å². The minimum Gasteiger partial charge on any atom is -0.391 e. The summed E-state index contributed by atoms with van der Waals surface area (Å²) in [5, 5.41) is 34.4. The molecule has 12 N–H and O–H groups in total. The van der Waals surface area contributed by atoms with Gasteiger partial charge in [-0.3, -0.25) is 38.4 Å². The van der Waals surface area contributed by atoms with E-state index in [-0.39, 0.29) is 64.5 Å². The number of nitrogens with two attached hydrogens (primary N) is 1. The maximum absolute atomic E-state index is 14.9. The third kappa shape index (κ3) is 17.7. The van der Waals surface area contributed by atoms with Crippen molar-refractivity contribution in [1.29, 1.82) is 0 Å². The van der Waals surface area contributed by atoms with E-state index in [0.717, 1.165) is 22.0 Å². The molecule has 8 atom stereocenters. The first kappa shape index (κ1) is 59.0. The van der Waals surface area contributed by atoms with Crippen LogP contribution in [-0.2, 0) is 70.5 Å². The Morgan fingerprint density at radius 2 is 0.863 bits per heavy atom. The molecule has 0 bridgehead atoms. The third-order valence-electron chi connectivity index (χ3n) is 13.9. The van der Waals surface area contributed by atoms with Crippen LogP contribution in [0.25, 0.3) is 10.9 Å². The van der Waals surface area contributed by atoms with Crippen LogP contribution < -0.4 is 48.3 Å². The Morgan fingerprint density at radius 3 is 1.34 bits per heavy atom. The minimum absolute atomic E-state index is 0.00272. The van der Waals surface area contributed by atoms with E-state index in [1.807, 2.05) is 54.6 Å². The number of fused-ring (bicyclic) bond motifs is 1. The normalized spacial score (nSPS) is 22.1. The van der Waals surface area contributed by atoms with Crippen molar-refractivity contribution in [3.63, 3.8) is 0 Å². The largest absolute Gasteiger partial charge is 0.391 e. The summed E-state index contributed by atoms with van der Waals surface area (Å²) in [4.78, 5) is 119. The molecule has 6 aromatic rings. The van der Waals surface area contributed by atoms with Gasteiger partial charge in [-0.05, 0) is 73.0 Å². The van der Waals surface area contributed by atoms with Crippen LogP contribution in [0.5, 0.6) is 0 Å². The number of unbranched alkanes of at least 4 members (excludes halogenated alkanes) is 1. The molecular formula is C61H72N10O9. The van der Waals surface area contributed by atoms with E-state index >= 15 is 0 Å². The number of carbonyl (C=O) groups excluding carboxylic acids is 8. The number of nitrogens with one attached hydrogen (secondary N) is 9. The zero-order valence-corrected chi connectivity index (χ0v) is 44.8. The molecule has 80 heavy (non-hydrogen) atoms. The smallest absolute Gasteiger partial charge is 0.245 e. The molecule has 1 aromatic heterocycles. The fraction of sp³-hybridized carbons (Fsp3) is 0.344. The number of amides is 8. The first-order valence-electron chi connectivity index (χ1n) is 27.2. The zero-order chi connectivity index (χ0) is 56.8. The first-order chi connectivity index (χ1) is 38.7. The van der Waals surface area contributed by atoms with Crippen molar-refractivity contribution in [1.82, 2.24) is 47.5 Å². The molecule has 420 valence electrons. The van der Waals surface area contributed by atoms with Crippen LogP contribution in [0.1, 0.15) is 66.8 Å². The Bertz CT molecular complexity index is 3020. The predicted octanol–water partition coefficient (Wildman–Crippen LogP) is 2.49. The van der Waals surface area contributed by atoms with Gasteiger partial charge in [-0.1, -0.05) is 140 Å². The van der Waals surface area contributed by atoms with Gasteiger partial charge in [0.15, 0.2) is 0 Å². The second-order valence-corrected chi connectivity index (χ2v) is 20.2. The molecule has 1 aliphatic rings. The lowest BCUT2D eigenvalue weighted by molar-refractivity contribution is -0.137. The molecule has 1 saturated heterocycles. The number of carbonyl (C=O) groups is 8. The molecule has 0 spiro atoms. The summed E-state index contributed by atoms with van der Waals surface area (Å²) in [5.74, 6) is -5.78. The van der Waals surface area contributed by atoms with Crippen LogP contribution in [0.15, 0.2) is 152 Å². The Labute approximate surface area is 465 Å². The van der Waals surface area contributed by atoms with Crippen molar-refractivity contribution >= 4 is 58.2 Å². The van der Waals surface area contributed by atoms with Crippen molar-refractivity contribution < 1.29 is 43.5 Å². The van der Waals surface area contributed by atoms with Crippen molar-refractivity contribution in [2.45, 2.75) is 120 Å². The number of aliphatic hydroxyl groups is 1. The van der Waals surface area contributed by atoms with Gasteiger partial charge in [0.2, 0.25) is 47.3 Å². The monoisotopic (exact) mass is 1090 g/mol. The topological polar surface area (TPSA) is 295 Å².